The second kappa shape index (κ2) is 5.13. The van der Waals surface area contributed by atoms with Gasteiger partial charge in [0.25, 0.3) is 0 Å². The maximum atomic E-state index is 4.60. The zero-order valence-electron chi connectivity index (χ0n) is 16.9. The molecule has 2 saturated carbocycles. The van der Waals surface area contributed by atoms with Gasteiger partial charge in [0.2, 0.25) is 0 Å². The number of aromatic nitrogens is 4. The van der Waals surface area contributed by atoms with Gasteiger partial charge >= 0.3 is 0 Å². The lowest BCUT2D eigenvalue weighted by Crippen LogP contribution is -2.25. The summed E-state index contributed by atoms with van der Waals surface area (Å²) in [7, 11) is 0. The molecule has 3 fully saturated rings. The number of nitrogens with zero attached hydrogens (tertiary/aromatic N) is 4. The zero-order chi connectivity index (χ0) is 19.1. The van der Waals surface area contributed by atoms with Crippen molar-refractivity contribution in [2.45, 2.75) is 46.5 Å². The molecule has 3 heterocycles. The highest BCUT2D eigenvalue weighted by Crippen LogP contribution is 2.68. The molecule has 0 spiro atoms. The minimum absolute atomic E-state index is 0.449. The lowest BCUT2D eigenvalue weighted by atomic mass is 9.97. The molecule has 0 amide bonds. The van der Waals surface area contributed by atoms with Crippen molar-refractivity contribution >= 4 is 16.7 Å². The molecule has 2 atom stereocenters. The molecule has 3 aromatic rings. The van der Waals surface area contributed by atoms with Gasteiger partial charge in [0.1, 0.15) is 17.8 Å². The maximum Gasteiger partial charge on any atom is 0.132 e. The third-order valence-corrected chi connectivity index (χ3v) is 7.77. The van der Waals surface area contributed by atoms with Crippen LogP contribution in [0.3, 0.4) is 0 Å². The summed E-state index contributed by atoms with van der Waals surface area (Å²) in [6, 6.07) is 8.80. The molecule has 6 rings (SSSR count). The molecule has 144 valence electrons. The summed E-state index contributed by atoms with van der Waals surface area (Å²) in [5.74, 6) is 1.03. The monoisotopic (exact) mass is 373 g/mol. The molecule has 5 nitrogen and oxygen atoms in total. The SMILES string of the molecule is CC1(Cc2ccc3[nH]nc(-c4cc(N5C[C@@]6(C)C[C@@]6(C)C5)ncn4)c3c2)CC1. The summed E-state index contributed by atoms with van der Waals surface area (Å²) in [6.45, 7) is 9.36. The predicted molar refractivity (Wildman–Crippen MR) is 111 cm³/mol. The number of aromatic amines is 1. The number of hydrogen-bond donors (Lipinski definition) is 1. The Kier molecular flexibility index (Phi) is 3.03. The van der Waals surface area contributed by atoms with E-state index < -0.39 is 0 Å². The van der Waals surface area contributed by atoms with Crippen LogP contribution in [-0.4, -0.2) is 33.3 Å². The average molecular weight is 374 g/mol. The van der Waals surface area contributed by atoms with Gasteiger partial charge in [0.05, 0.1) is 11.2 Å². The summed E-state index contributed by atoms with van der Waals surface area (Å²) < 4.78 is 0. The number of rotatable bonds is 4. The third-order valence-electron chi connectivity index (χ3n) is 7.77. The van der Waals surface area contributed by atoms with Gasteiger partial charge in [-0.15, -0.1) is 0 Å². The van der Waals surface area contributed by atoms with E-state index in [-0.39, 0.29) is 0 Å². The van der Waals surface area contributed by atoms with E-state index in [9.17, 15) is 0 Å². The number of fused-ring (bicyclic) bond motifs is 2. The van der Waals surface area contributed by atoms with E-state index in [1.807, 2.05) is 0 Å². The molecule has 2 aliphatic carbocycles. The first-order valence-electron chi connectivity index (χ1n) is 10.4. The van der Waals surface area contributed by atoms with Crippen LogP contribution in [0, 0.1) is 16.2 Å². The molecule has 1 saturated heterocycles. The molecule has 2 aromatic heterocycles. The third kappa shape index (κ3) is 2.41. The number of anilines is 1. The van der Waals surface area contributed by atoms with Crippen LogP contribution < -0.4 is 4.90 Å². The fourth-order valence-electron chi connectivity index (χ4n) is 5.27. The first-order chi connectivity index (χ1) is 13.4. The standard InChI is InChI=1S/C23H27N5/c1-21(6-7-21)10-15-4-5-17-16(8-15)20(27-26-17)18-9-19(25-14-24-18)28-12-22(2)11-23(22,3)13-28/h4-5,8-9,14H,6-7,10-13H2,1-3H3,(H,26,27)/t22-,23+. The van der Waals surface area contributed by atoms with Crippen molar-refractivity contribution in [3.63, 3.8) is 0 Å². The molecule has 1 aliphatic heterocycles. The average Bonchev–Trinajstić information content (AvgIpc) is 3.38. The molecule has 28 heavy (non-hydrogen) atoms. The van der Waals surface area contributed by atoms with E-state index in [1.165, 1.54) is 24.8 Å². The summed E-state index contributed by atoms with van der Waals surface area (Å²) in [6.07, 6.45) is 6.85. The minimum atomic E-state index is 0.449. The van der Waals surface area contributed by atoms with Gasteiger partial charge in [-0.05, 0) is 59.6 Å². The largest absolute Gasteiger partial charge is 0.355 e. The Morgan fingerprint density at radius 1 is 1.04 bits per heavy atom. The summed E-state index contributed by atoms with van der Waals surface area (Å²) in [5.41, 5.74) is 5.70. The number of hydrogen-bond acceptors (Lipinski definition) is 4. The molecule has 0 bridgehead atoms. The number of nitrogens with one attached hydrogen (secondary N) is 1. The molecule has 0 unspecified atom stereocenters. The minimum Gasteiger partial charge on any atom is -0.355 e. The predicted octanol–water partition coefficient (Wildman–Crippen LogP) is 4.60. The Hall–Kier alpha value is -2.43. The van der Waals surface area contributed by atoms with Crippen molar-refractivity contribution in [2.75, 3.05) is 18.0 Å². The van der Waals surface area contributed by atoms with Crippen LogP contribution >= 0.6 is 0 Å². The first-order valence-corrected chi connectivity index (χ1v) is 10.4. The van der Waals surface area contributed by atoms with Crippen molar-refractivity contribution in [1.29, 1.82) is 0 Å². The second-order valence-corrected chi connectivity index (χ2v) is 10.4. The van der Waals surface area contributed by atoms with E-state index in [0.717, 1.165) is 47.6 Å². The molecule has 0 radical (unpaired) electrons. The van der Waals surface area contributed by atoms with E-state index >= 15 is 0 Å². The van der Waals surface area contributed by atoms with Crippen molar-refractivity contribution in [3.8, 4) is 11.4 Å². The van der Waals surface area contributed by atoms with Crippen molar-refractivity contribution in [3.05, 3.63) is 36.2 Å². The van der Waals surface area contributed by atoms with Crippen molar-refractivity contribution < 1.29 is 0 Å². The van der Waals surface area contributed by atoms with E-state index in [0.29, 0.717) is 16.2 Å². The summed E-state index contributed by atoms with van der Waals surface area (Å²) in [5, 5.41) is 8.95. The molecular weight excluding hydrogens is 346 g/mol. The van der Waals surface area contributed by atoms with Crippen LogP contribution in [0.25, 0.3) is 22.3 Å². The smallest absolute Gasteiger partial charge is 0.132 e. The van der Waals surface area contributed by atoms with Gasteiger partial charge in [0, 0.05) is 24.5 Å². The number of H-pyrrole nitrogens is 1. The van der Waals surface area contributed by atoms with Gasteiger partial charge < -0.3 is 4.90 Å². The fraction of sp³-hybridized carbons (Fsp3) is 0.522. The molecular formula is C23H27N5. The summed E-state index contributed by atoms with van der Waals surface area (Å²) in [4.78, 5) is 11.6. The Morgan fingerprint density at radius 2 is 1.82 bits per heavy atom. The van der Waals surface area contributed by atoms with Crippen LogP contribution in [0.15, 0.2) is 30.6 Å². The molecule has 3 aliphatic rings. The van der Waals surface area contributed by atoms with E-state index in [4.69, 9.17) is 0 Å². The van der Waals surface area contributed by atoms with Crippen LogP contribution in [0.1, 0.15) is 45.6 Å². The Bertz CT molecular complexity index is 1080. The maximum absolute atomic E-state index is 4.60. The second-order valence-electron chi connectivity index (χ2n) is 10.4. The van der Waals surface area contributed by atoms with Gasteiger partial charge in [-0.25, -0.2) is 9.97 Å². The van der Waals surface area contributed by atoms with E-state index in [2.05, 4.69) is 70.1 Å². The summed E-state index contributed by atoms with van der Waals surface area (Å²) >= 11 is 0. The van der Waals surface area contributed by atoms with Crippen molar-refractivity contribution in [2.24, 2.45) is 16.2 Å². The van der Waals surface area contributed by atoms with Gasteiger partial charge in [0.15, 0.2) is 0 Å². The van der Waals surface area contributed by atoms with Crippen molar-refractivity contribution in [1.82, 2.24) is 20.2 Å². The first kappa shape index (κ1) is 16.5. The molecule has 1 aromatic carbocycles. The zero-order valence-corrected chi connectivity index (χ0v) is 16.9. The quantitative estimate of drug-likeness (QED) is 0.726. The van der Waals surface area contributed by atoms with Crippen LogP contribution in [0.5, 0.6) is 0 Å². The van der Waals surface area contributed by atoms with Gasteiger partial charge in [-0.1, -0.05) is 26.8 Å². The fourth-order valence-corrected chi connectivity index (χ4v) is 5.27. The van der Waals surface area contributed by atoms with Crippen LogP contribution in [-0.2, 0) is 6.42 Å². The molecule has 1 N–H and O–H groups in total. The van der Waals surface area contributed by atoms with Gasteiger partial charge in [-0.3, -0.25) is 5.10 Å². The van der Waals surface area contributed by atoms with Crippen LogP contribution in [0.2, 0.25) is 0 Å². The highest BCUT2D eigenvalue weighted by Gasteiger charge is 2.66. The lowest BCUT2D eigenvalue weighted by molar-refractivity contribution is 0.494. The Labute approximate surface area is 165 Å². The topological polar surface area (TPSA) is 57.7 Å². The lowest BCUT2D eigenvalue weighted by Gasteiger charge is -2.21. The highest BCUT2D eigenvalue weighted by molar-refractivity contribution is 5.92. The Morgan fingerprint density at radius 3 is 2.57 bits per heavy atom. The van der Waals surface area contributed by atoms with Gasteiger partial charge in [-0.2, -0.15) is 5.10 Å². The number of piperidine rings is 1. The molecule has 5 heteroatoms. The highest BCUT2D eigenvalue weighted by atomic mass is 15.3. The number of benzene rings is 1. The van der Waals surface area contributed by atoms with E-state index in [1.54, 1.807) is 6.33 Å². The normalized spacial score (nSPS) is 29.9. The van der Waals surface area contributed by atoms with Crippen LogP contribution in [0.4, 0.5) is 5.82 Å². The Balaban J connectivity index is 1.35.